The SMILES string of the molecule is CC1CN(c2ccc(-c3n[nH]c4c3C(=O)c3c-4cccc3N(C(N)=O)N3CCOCC3)cc2)CCN1. The number of hydrazine groups is 1. The molecule has 36 heavy (non-hydrogen) atoms. The van der Waals surface area contributed by atoms with Gasteiger partial charge in [0.05, 0.1) is 35.7 Å². The molecule has 6 rings (SSSR count). The summed E-state index contributed by atoms with van der Waals surface area (Å²) in [6, 6.07) is 13.5. The average molecular weight is 488 g/mol. The van der Waals surface area contributed by atoms with Crippen LogP contribution in [0.4, 0.5) is 16.2 Å². The third kappa shape index (κ3) is 3.74. The van der Waals surface area contributed by atoms with Gasteiger partial charge in [0.1, 0.15) is 5.69 Å². The van der Waals surface area contributed by atoms with E-state index in [0.717, 1.165) is 36.4 Å². The zero-order chi connectivity index (χ0) is 24.8. The highest BCUT2D eigenvalue weighted by atomic mass is 16.5. The van der Waals surface area contributed by atoms with Gasteiger partial charge in [0, 0.05) is 55.6 Å². The van der Waals surface area contributed by atoms with Crippen LogP contribution in [0, 0.1) is 0 Å². The number of aromatic nitrogens is 2. The van der Waals surface area contributed by atoms with Crippen molar-refractivity contribution < 1.29 is 14.3 Å². The van der Waals surface area contributed by atoms with Crippen LogP contribution < -0.4 is 21.0 Å². The van der Waals surface area contributed by atoms with Gasteiger partial charge in [-0.05, 0) is 25.1 Å². The van der Waals surface area contributed by atoms with Crippen LogP contribution in [0.3, 0.4) is 0 Å². The van der Waals surface area contributed by atoms with Gasteiger partial charge < -0.3 is 20.7 Å². The lowest BCUT2D eigenvalue weighted by molar-refractivity contribution is 0.0364. The van der Waals surface area contributed by atoms with Crippen LogP contribution in [0.2, 0.25) is 0 Å². The molecule has 10 heteroatoms. The molecule has 0 bridgehead atoms. The fraction of sp³-hybridized carbons (Fsp3) is 0.346. The van der Waals surface area contributed by atoms with Gasteiger partial charge in [0.25, 0.3) is 0 Å². The molecule has 1 atom stereocenters. The van der Waals surface area contributed by atoms with Gasteiger partial charge in [-0.1, -0.05) is 24.3 Å². The molecule has 3 aliphatic rings. The number of ketones is 1. The standard InChI is InChI=1S/C26H29N7O3/c1-16-15-31(10-9-28-16)18-7-5-17(6-8-18)23-22-24(30-29-23)19-3-2-4-20(21(19)25(22)34)33(26(27)35)32-11-13-36-14-12-32/h2-8,16,28H,9-15H2,1H3,(H2,27,35)(H,29,30). The molecule has 3 heterocycles. The summed E-state index contributed by atoms with van der Waals surface area (Å²) in [5.41, 5.74) is 11.3. The maximum atomic E-state index is 13.8. The molecular formula is C26H29N7O3. The third-order valence-corrected chi connectivity index (χ3v) is 7.11. The Labute approximate surface area is 209 Å². The average Bonchev–Trinajstić information content (AvgIpc) is 3.45. The number of nitrogens with zero attached hydrogens (tertiary/aromatic N) is 4. The van der Waals surface area contributed by atoms with Crippen LogP contribution in [0.1, 0.15) is 22.8 Å². The molecule has 186 valence electrons. The monoisotopic (exact) mass is 487 g/mol. The maximum absolute atomic E-state index is 13.8. The van der Waals surface area contributed by atoms with Crippen molar-refractivity contribution in [2.75, 3.05) is 55.8 Å². The van der Waals surface area contributed by atoms with E-state index >= 15 is 0 Å². The number of fused-ring (bicyclic) bond motifs is 3. The Hall–Kier alpha value is -3.73. The van der Waals surface area contributed by atoms with Gasteiger partial charge in [-0.25, -0.2) is 14.8 Å². The molecule has 2 aromatic carbocycles. The highest BCUT2D eigenvalue weighted by Crippen LogP contribution is 2.44. The number of benzene rings is 2. The lowest BCUT2D eigenvalue weighted by Crippen LogP contribution is -2.54. The molecule has 0 saturated carbocycles. The van der Waals surface area contributed by atoms with Crippen molar-refractivity contribution >= 4 is 23.2 Å². The minimum Gasteiger partial charge on any atom is -0.379 e. The molecule has 1 aliphatic carbocycles. The van der Waals surface area contributed by atoms with Crippen LogP contribution in [0.15, 0.2) is 42.5 Å². The van der Waals surface area contributed by atoms with Crippen molar-refractivity contribution in [2.24, 2.45) is 5.73 Å². The zero-order valence-corrected chi connectivity index (χ0v) is 20.2. The second-order valence-corrected chi connectivity index (χ2v) is 9.42. The second-order valence-electron chi connectivity index (χ2n) is 9.42. The predicted octanol–water partition coefficient (Wildman–Crippen LogP) is 2.22. The third-order valence-electron chi connectivity index (χ3n) is 7.11. The van der Waals surface area contributed by atoms with Crippen LogP contribution in [0.5, 0.6) is 0 Å². The molecule has 0 spiro atoms. The lowest BCUT2D eigenvalue weighted by atomic mass is 10.0. The van der Waals surface area contributed by atoms with E-state index in [1.165, 1.54) is 5.01 Å². The van der Waals surface area contributed by atoms with Gasteiger partial charge in [-0.2, -0.15) is 5.10 Å². The summed E-state index contributed by atoms with van der Waals surface area (Å²) < 4.78 is 5.43. The Kier molecular flexibility index (Phi) is 5.71. The minimum atomic E-state index is -0.634. The number of H-pyrrole nitrogens is 1. The first-order valence-corrected chi connectivity index (χ1v) is 12.3. The topological polar surface area (TPSA) is 120 Å². The van der Waals surface area contributed by atoms with E-state index in [2.05, 4.69) is 39.5 Å². The number of rotatable bonds is 4. The first kappa shape index (κ1) is 22.7. The molecule has 1 aromatic heterocycles. The molecule has 4 N–H and O–H groups in total. The molecule has 0 radical (unpaired) electrons. The van der Waals surface area contributed by atoms with Gasteiger partial charge in [0.2, 0.25) is 0 Å². The van der Waals surface area contributed by atoms with Crippen LogP contribution in [0.25, 0.3) is 22.5 Å². The number of anilines is 2. The van der Waals surface area contributed by atoms with Crippen molar-refractivity contribution in [1.82, 2.24) is 20.5 Å². The van der Waals surface area contributed by atoms with E-state index in [0.29, 0.717) is 60.5 Å². The number of hydrogen-bond acceptors (Lipinski definition) is 7. The summed E-state index contributed by atoms with van der Waals surface area (Å²) in [6.07, 6.45) is 0. The zero-order valence-electron chi connectivity index (χ0n) is 20.2. The molecule has 3 aromatic rings. The summed E-state index contributed by atoms with van der Waals surface area (Å²) in [7, 11) is 0. The number of ether oxygens (including phenoxy) is 1. The molecule has 1 unspecified atom stereocenters. The Morgan fingerprint density at radius 3 is 2.61 bits per heavy atom. The van der Waals surface area contributed by atoms with E-state index in [1.807, 2.05) is 29.3 Å². The van der Waals surface area contributed by atoms with Crippen molar-refractivity contribution in [3.63, 3.8) is 0 Å². The molecular weight excluding hydrogens is 458 g/mol. The summed E-state index contributed by atoms with van der Waals surface area (Å²) >= 11 is 0. The van der Waals surface area contributed by atoms with E-state index < -0.39 is 6.03 Å². The summed E-state index contributed by atoms with van der Waals surface area (Å²) in [5.74, 6) is -0.168. The number of carbonyl (C=O) groups is 2. The van der Waals surface area contributed by atoms with E-state index in [9.17, 15) is 9.59 Å². The van der Waals surface area contributed by atoms with Crippen molar-refractivity contribution in [1.29, 1.82) is 0 Å². The highest BCUT2D eigenvalue weighted by Gasteiger charge is 2.38. The Morgan fingerprint density at radius 2 is 1.89 bits per heavy atom. The number of urea groups is 1. The van der Waals surface area contributed by atoms with Crippen LogP contribution in [-0.2, 0) is 4.74 Å². The Bertz CT molecular complexity index is 1310. The van der Waals surface area contributed by atoms with Crippen molar-refractivity contribution in [2.45, 2.75) is 13.0 Å². The number of primary amides is 1. The number of piperazine rings is 1. The lowest BCUT2D eigenvalue weighted by Gasteiger charge is -2.36. The second kappa shape index (κ2) is 9.05. The predicted molar refractivity (Wildman–Crippen MR) is 137 cm³/mol. The Morgan fingerprint density at radius 1 is 1.11 bits per heavy atom. The number of nitrogens with two attached hydrogens (primary N) is 1. The van der Waals surface area contributed by atoms with Crippen molar-refractivity contribution in [3.05, 3.63) is 53.6 Å². The van der Waals surface area contributed by atoms with Gasteiger partial charge >= 0.3 is 6.03 Å². The highest BCUT2D eigenvalue weighted by molar-refractivity contribution is 6.27. The number of aromatic amines is 1. The Balaban J connectivity index is 1.34. The molecule has 10 nitrogen and oxygen atoms in total. The smallest absolute Gasteiger partial charge is 0.334 e. The van der Waals surface area contributed by atoms with Gasteiger partial charge in [-0.15, -0.1) is 0 Å². The number of amides is 2. The minimum absolute atomic E-state index is 0.168. The normalized spacial score (nSPS) is 19.8. The van der Waals surface area contributed by atoms with Crippen LogP contribution in [-0.4, -0.2) is 79.0 Å². The number of carbonyl (C=O) groups excluding carboxylic acids is 2. The number of nitrogens with one attached hydrogen (secondary N) is 2. The molecule has 2 saturated heterocycles. The largest absolute Gasteiger partial charge is 0.379 e. The fourth-order valence-electron chi connectivity index (χ4n) is 5.42. The number of hydrogen-bond donors (Lipinski definition) is 3. The van der Waals surface area contributed by atoms with Gasteiger partial charge in [0.15, 0.2) is 5.78 Å². The van der Waals surface area contributed by atoms with E-state index in [1.54, 1.807) is 6.07 Å². The first-order chi connectivity index (χ1) is 17.5. The summed E-state index contributed by atoms with van der Waals surface area (Å²) in [6.45, 7) is 7.05. The molecule has 2 amide bonds. The van der Waals surface area contributed by atoms with Crippen LogP contribution >= 0.6 is 0 Å². The summed E-state index contributed by atoms with van der Waals surface area (Å²) in [4.78, 5) is 28.7. The first-order valence-electron chi connectivity index (χ1n) is 12.3. The molecule has 2 aliphatic heterocycles. The molecule has 2 fully saturated rings. The van der Waals surface area contributed by atoms with Gasteiger partial charge in [-0.3, -0.25) is 9.89 Å². The quantitative estimate of drug-likeness (QED) is 0.404. The van der Waals surface area contributed by atoms with E-state index in [-0.39, 0.29) is 5.78 Å². The van der Waals surface area contributed by atoms with Crippen molar-refractivity contribution in [3.8, 4) is 22.5 Å². The maximum Gasteiger partial charge on any atom is 0.334 e. The number of morpholine rings is 1. The van der Waals surface area contributed by atoms with E-state index in [4.69, 9.17) is 10.5 Å². The summed E-state index contributed by atoms with van der Waals surface area (Å²) in [5, 5.41) is 14.3. The fourth-order valence-corrected chi connectivity index (χ4v) is 5.42.